The van der Waals surface area contributed by atoms with Crippen molar-refractivity contribution in [2.75, 3.05) is 13.1 Å². The number of rotatable bonds is 3. The highest BCUT2D eigenvalue weighted by Crippen LogP contribution is 2.30. The fraction of sp³-hybridized carbons (Fsp3) is 0.583. The second-order valence-corrected chi connectivity index (χ2v) is 8.20. The van der Waals surface area contributed by atoms with Crippen LogP contribution in [0.3, 0.4) is 0 Å². The highest BCUT2D eigenvalue weighted by Gasteiger charge is 2.34. The Labute approximate surface area is 121 Å². The molecular formula is C12H17NO5S2. The number of nitrogens with zero attached hydrogens (tertiary/aromatic N) is 1. The molecule has 20 heavy (non-hydrogen) atoms. The van der Waals surface area contributed by atoms with Crippen molar-refractivity contribution in [1.29, 1.82) is 0 Å². The average molecular weight is 319 g/mol. The predicted molar refractivity (Wildman–Crippen MR) is 74.6 cm³/mol. The molecule has 112 valence electrons. The van der Waals surface area contributed by atoms with Crippen LogP contribution in [-0.4, -0.2) is 48.1 Å². The number of aliphatic hydroxyl groups is 1. The van der Waals surface area contributed by atoms with E-state index < -0.39 is 22.1 Å². The van der Waals surface area contributed by atoms with E-state index in [-0.39, 0.29) is 22.2 Å². The van der Waals surface area contributed by atoms with E-state index in [4.69, 9.17) is 5.11 Å². The Morgan fingerprint density at radius 3 is 2.65 bits per heavy atom. The number of carboxylic acid groups (broad SMARTS) is 1. The fourth-order valence-electron chi connectivity index (χ4n) is 2.20. The van der Waals surface area contributed by atoms with E-state index in [1.807, 2.05) is 6.92 Å². The maximum absolute atomic E-state index is 12.5. The number of aromatic carboxylic acids is 1. The van der Waals surface area contributed by atoms with E-state index in [1.165, 1.54) is 10.4 Å². The van der Waals surface area contributed by atoms with Gasteiger partial charge < -0.3 is 10.2 Å². The van der Waals surface area contributed by atoms with Crippen LogP contribution in [0.1, 0.15) is 27.9 Å². The lowest BCUT2D eigenvalue weighted by atomic mass is 9.98. The van der Waals surface area contributed by atoms with Gasteiger partial charge in [0.25, 0.3) is 0 Å². The third-order valence-electron chi connectivity index (χ3n) is 3.58. The molecule has 1 saturated heterocycles. The lowest BCUT2D eigenvalue weighted by Crippen LogP contribution is -2.45. The maximum Gasteiger partial charge on any atom is 0.345 e. The van der Waals surface area contributed by atoms with Crippen LogP contribution in [0, 0.1) is 12.8 Å². The molecule has 1 aromatic heterocycles. The molecule has 0 saturated carbocycles. The highest BCUT2D eigenvalue weighted by atomic mass is 32.2. The van der Waals surface area contributed by atoms with E-state index in [1.54, 1.807) is 6.92 Å². The molecule has 2 N–H and O–H groups in total. The van der Waals surface area contributed by atoms with Gasteiger partial charge >= 0.3 is 5.97 Å². The normalized spacial score (nSPS) is 24.8. The summed E-state index contributed by atoms with van der Waals surface area (Å²) in [5.74, 6) is -1.06. The van der Waals surface area contributed by atoms with Gasteiger partial charge in [0.05, 0.1) is 11.0 Å². The van der Waals surface area contributed by atoms with Gasteiger partial charge in [-0.25, -0.2) is 13.2 Å². The second kappa shape index (κ2) is 5.44. The van der Waals surface area contributed by atoms with Crippen molar-refractivity contribution in [1.82, 2.24) is 4.31 Å². The van der Waals surface area contributed by atoms with Crippen LogP contribution in [0.2, 0.25) is 0 Å². The zero-order valence-corrected chi connectivity index (χ0v) is 12.9. The van der Waals surface area contributed by atoms with Crippen LogP contribution in [0.15, 0.2) is 11.0 Å². The Kier molecular flexibility index (Phi) is 4.19. The van der Waals surface area contributed by atoms with E-state index in [0.717, 1.165) is 11.3 Å². The van der Waals surface area contributed by atoms with Crippen LogP contribution in [0.25, 0.3) is 0 Å². The van der Waals surface area contributed by atoms with Crippen molar-refractivity contribution in [2.24, 2.45) is 5.92 Å². The van der Waals surface area contributed by atoms with E-state index >= 15 is 0 Å². The van der Waals surface area contributed by atoms with Crippen molar-refractivity contribution in [3.05, 3.63) is 15.8 Å². The predicted octanol–water partition coefficient (Wildman–Crippen LogP) is 1.15. The van der Waals surface area contributed by atoms with Gasteiger partial charge in [-0.3, -0.25) is 0 Å². The summed E-state index contributed by atoms with van der Waals surface area (Å²) in [6, 6.07) is 1.20. The van der Waals surface area contributed by atoms with E-state index in [9.17, 15) is 18.3 Å². The average Bonchev–Trinajstić information content (AvgIpc) is 2.75. The number of thiophene rings is 1. The number of aliphatic hydroxyl groups excluding tert-OH is 1. The van der Waals surface area contributed by atoms with Gasteiger partial charge in [0.2, 0.25) is 10.0 Å². The van der Waals surface area contributed by atoms with Crippen molar-refractivity contribution in [3.63, 3.8) is 0 Å². The highest BCUT2D eigenvalue weighted by molar-refractivity contribution is 7.89. The molecule has 1 fully saturated rings. The van der Waals surface area contributed by atoms with Gasteiger partial charge in [-0.05, 0) is 25.3 Å². The fourth-order valence-corrected chi connectivity index (χ4v) is 5.08. The van der Waals surface area contributed by atoms with Crippen LogP contribution in [0.4, 0.5) is 0 Å². The molecule has 2 atom stereocenters. The minimum absolute atomic E-state index is 0.00648. The summed E-state index contributed by atoms with van der Waals surface area (Å²) in [6.45, 7) is 3.87. The molecule has 1 aliphatic rings. The van der Waals surface area contributed by atoms with Crippen LogP contribution < -0.4 is 0 Å². The molecule has 6 nitrogen and oxygen atoms in total. The molecule has 0 bridgehead atoms. The summed E-state index contributed by atoms with van der Waals surface area (Å²) in [5.41, 5.74) is 0. The van der Waals surface area contributed by atoms with Gasteiger partial charge in [0, 0.05) is 18.0 Å². The molecule has 1 aromatic rings. The lowest BCUT2D eigenvalue weighted by Gasteiger charge is -2.33. The molecule has 2 heterocycles. The van der Waals surface area contributed by atoms with Crippen molar-refractivity contribution < 1.29 is 23.4 Å². The Balaban J connectivity index is 2.33. The Morgan fingerprint density at radius 1 is 1.50 bits per heavy atom. The molecular weight excluding hydrogens is 302 g/mol. The zero-order valence-electron chi connectivity index (χ0n) is 11.2. The number of aryl methyl sites for hydroxylation is 1. The topological polar surface area (TPSA) is 94.9 Å². The van der Waals surface area contributed by atoms with Crippen LogP contribution in [0.5, 0.6) is 0 Å². The number of piperidine rings is 1. The molecule has 0 radical (unpaired) electrons. The lowest BCUT2D eigenvalue weighted by molar-refractivity contribution is 0.0605. The van der Waals surface area contributed by atoms with E-state index in [2.05, 4.69) is 0 Å². The molecule has 2 rings (SSSR count). The molecule has 0 spiro atoms. The minimum atomic E-state index is -3.74. The first-order valence-electron chi connectivity index (χ1n) is 6.25. The maximum atomic E-state index is 12.5. The number of β-amino-alcohol motifs (C(OH)–C–C–N with tert-alkyl or cyclic N) is 1. The zero-order chi connectivity index (χ0) is 15.1. The van der Waals surface area contributed by atoms with Gasteiger partial charge in [-0.1, -0.05) is 6.92 Å². The first kappa shape index (κ1) is 15.4. The number of hydrogen-bond acceptors (Lipinski definition) is 5. The Hall–Kier alpha value is -0.960. The molecule has 1 aliphatic heterocycles. The Morgan fingerprint density at radius 2 is 2.15 bits per heavy atom. The molecule has 0 aliphatic carbocycles. The Bertz CT molecular complexity index is 622. The van der Waals surface area contributed by atoms with Gasteiger partial charge in [0.1, 0.15) is 4.88 Å². The quantitative estimate of drug-likeness (QED) is 0.871. The monoisotopic (exact) mass is 319 g/mol. The second-order valence-electron chi connectivity index (χ2n) is 5.03. The van der Waals surface area contributed by atoms with Crippen molar-refractivity contribution in [3.8, 4) is 0 Å². The first-order valence-corrected chi connectivity index (χ1v) is 8.51. The summed E-state index contributed by atoms with van der Waals surface area (Å²) in [6.07, 6.45) is -0.0913. The number of sulfonamides is 1. The van der Waals surface area contributed by atoms with Gasteiger partial charge in [0.15, 0.2) is 0 Å². The molecule has 2 unspecified atom stereocenters. The summed E-state index contributed by atoms with van der Waals surface area (Å²) in [7, 11) is -3.74. The molecule has 8 heteroatoms. The van der Waals surface area contributed by atoms with Crippen LogP contribution in [-0.2, 0) is 10.0 Å². The SMILES string of the molecule is Cc1sc(C(=O)O)cc1S(=O)(=O)N1CCC(C)C(O)C1. The molecule has 0 aromatic carbocycles. The van der Waals surface area contributed by atoms with Crippen molar-refractivity contribution >= 4 is 27.3 Å². The summed E-state index contributed by atoms with van der Waals surface area (Å²) >= 11 is 0.947. The van der Waals surface area contributed by atoms with Crippen LogP contribution >= 0.6 is 11.3 Å². The number of hydrogen-bond donors (Lipinski definition) is 2. The van der Waals surface area contributed by atoms with Crippen molar-refractivity contribution in [2.45, 2.75) is 31.3 Å². The number of carboxylic acids is 1. The van der Waals surface area contributed by atoms with Gasteiger partial charge in [-0.15, -0.1) is 11.3 Å². The summed E-state index contributed by atoms with van der Waals surface area (Å²) < 4.78 is 26.3. The summed E-state index contributed by atoms with van der Waals surface area (Å²) in [5, 5.41) is 18.8. The third-order valence-corrected chi connectivity index (χ3v) is 6.74. The standard InChI is InChI=1S/C12H17NO5S2/c1-7-3-4-13(6-9(7)14)20(17,18)11-5-10(12(15)16)19-8(11)2/h5,7,9,14H,3-4,6H2,1-2H3,(H,15,16). The third kappa shape index (κ3) is 2.73. The first-order chi connectivity index (χ1) is 9.23. The number of carbonyl (C=O) groups is 1. The largest absolute Gasteiger partial charge is 0.477 e. The minimum Gasteiger partial charge on any atom is -0.477 e. The van der Waals surface area contributed by atoms with E-state index in [0.29, 0.717) is 17.8 Å². The van der Waals surface area contributed by atoms with Gasteiger partial charge in [-0.2, -0.15) is 4.31 Å². The summed E-state index contributed by atoms with van der Waals surface area (Å²) in [4.78, 5) is 11.4. The molecule has 0 amide bonds. The smallest absolute Gasteiger partial charge is 0.345 e.